The second-order valence-corrected chi connectivity index (χ2v) is 5.78. The van der Waals surface area contributed by atoms with Crippen LogP contribution in [-0.4, -0.2) is 23.8 Å². The highest BCUT2D eigenvalue weighted by atomic mass is 35.5. The van der Waals surface area contributed by atoms with E-state index in [0.717, 1.165) is 6.08 Å². The molecule has 2 aromatic rings. The Morgan fingerprint density at radius 3 is 2.46 bits per heavy atom. The number of Topliss-reactive ketones (excluding diaryl/α,β-unsaturated/α-hetero) is 1. The van der Waals surface area contributed by atoms with E-state index in [1.807, 2.05) is 0 Å². The molecule has 0 spiro atoms. The van der Waals surface area contributed by atoms with Gasteiger partial charge < -0.3 is 9.84 Å². The highest BCUT2D eigenvalue weighted by Crippen LogP contribution is 2.32. The summed E-state index contributed by atoms with van der Waals surface area (Å²) >= 11 is 11.9. The van der Waals surface area contributed by atoms with Gasteiger partial charge in [0.15, 0.2) is 23.1 Å². The predicted molar refractivity (Wildman–Crippen MR) is 93.4 cm³/mol. The van der Waals surface area contributed by atoms with Crippen molar-refractivity contribution in [2.75, 3.05) is 7.11 Å². The summed E-state index contributed by atoms with van der Waals surface area (Å²) in [7, 11) is 1.37. The van der Waals surface area contributed by atoms with Crippen LogP contribution in [0.4, 0.5) is 0 Å². The zero-order valence-electron chi connectivity index (χ0n) is 12.8. The Morgan fingerprint density at radius 1 is 1.17 bits per heavy atom. The Balaban J connectivity index is 2.51. The molecule has 0 heterocycles. The van der Waals surface area contributed by atoms with Crippen molar-refractivity contribution in [3.8, 4) is 11.5 Å². The molecule has 0 aromatic heterocycles. The number of phenols is 1. The third kappa shape index (κ3) is 3.61. The summed E-state index contributed by atoms with van der Waals surface area (Å²) in [5, 5.41) is 10.2. The molecule has 0 aliphatic rings. The van der Waals surface area contributed by atoms with Crippen LogP contribution in [-0.2, 0) is 4.79 Å². The Hall–Kier alpha value is -2.30. The Morgan fingerprint density at radius 2 is 1.88 bits per heavy atom. The van der Waals surface area contributed by atoms with Gasteiger partial charge in [0, 0.05) is 5.56 Å². The standard InChI is InChI=1S/C18H14Cl2O4/c1-3-14(21)17(10-4-6-12(19)13(20)8-10)18(23)11-5-7-15(22)16(9-11)24-2/h3-9,17,22H,1H2,2H3. The van der Waals surface area contributed by atoms with E-state index in [9.17, 15) is 14.7 Å². The number of aromatic hydroxyl groups is 1. The van der Waals surface area contributed by atoms with Gasteiger partial charge in [-0.2, -0.15) is 0 Å². The normalized spacial score (nSPS) is 11.6. The van der Waals surface area contributed by atoms with Gasteiger partial charge in [-0.1, -0.05) is 35.8 Å². The molecule has 0 bridgehead atoms. The van der Waals surface area contributed by atoms with Gasteiger partial charge in [-0.15, -0.1) is 0 Å². The smallest absolute Gasteiger partial charge is 0.178 e. The van der Waals surface area contributed by atoms with Crippen LogP contribution < -0.4 is 4.74 Å². The minimum absolute atomic E-state index is 0.102. The van der Waals surface area contributed by atoms with Gasteiger partial charge in [0.2, 0.25) is 0 Å². The van der Waals surface area contributed by atoms with Gasteiger partial charge in [0.1, 0.15) is 5.92 Å². The minimum Gasteiger partial charge on any atom is -0.504 e. The molecule has 0 aliphatic heterocycles. The molecule has 1 N–H and O–H groups in total. The van der Waals surface area contributed by atoms with Crippen molar-refractivity contribution in [3.63, 3.8) is 0 Å². The van der Waals surface area contributed by atoms with E-state index in [-0.39, 0.29) is 22.1 Å². The van der Waals surface area contributed by atoms with Gasteiger partial charge in [-0.25, -0.2) is 0 Å². The fraction of sp³-hybridized carbons (Fsp3) is 0.111. The molecule has 0 saturated heterocycles. The van der Waals surface area contributed by atoms with Crippen molar-refractivity contribution in [2.24, 2.45) is 0 Å². The first-order valence-corrected chi connectivity index (χ1v) is 7.67. The van der Waals surface area contributed by atoms with Crippen molar-refractivity contribution < 1.29 is 19.4 Å². The Labute approximate surface area is 149 Å². The zero-order valence-corrected chi connectivity index (χ0v) is 14.3. The quantitative estimate of drug-likeness (QED) is 0.467. The summed E-state index contributed by atoms with van der Waals surface area (Å²) in [5.41, 5.74) is 0.627. The summed E-state index contributed by atoms with van der Waals surface area (Å²) in [4.78, 5) is 25.1. The molecular formula is C18H14Cl2O4. The molecule has 0 aliphatic carbocycles. The summed E-state index contributed by atoms with van der Waals surface area (Å²) in [5.74, 6) is -2.00. The van der Waals surface area contributed by atoms with Gasteiger partial charge in [-0.3, -0.25) is 9.59 Å². The summed E-state index contributed by atoms with van der Waals surface area (Å²) < 4.78 is 5.00. The van der Waals surface area contributed by atoms with E-state index in [1.165, 1.54) is 37.4 Å². The number of rotatable bonds is 6. The predicted octanol–water partition coefficient (Wildman–Crippen LogP) is 4.43. The van der Waals surface area contributed by atoms with Gasteiger partial charge in [-0.05, 0) is 42.0 Å². The van der Waals surface area contributed by atoms with Crippen LogP contribution in [0.2, 0.25) is 10.0 Å². The maximum absolute atomic E-state index is 12.8. The van der Waals surface area contributed by atoms with Gasteiger partial charge >= 0.3 is 0 Å². The molecule has 0 fully saturated rings. The van der Waals surface area contributed by atoms with Crippen LogP contribution in [0.3, 0.4) is 0 Å². The van der Waals surface area contributed by atoms with E-state index < -0.39 is 17.5 Å². The Kier molecular flexibility index (Phi) is 5.65. The molecule has 1 unspecified atom stereocenters. The molecule has 1 atom stereocenters. The van der Waals surface area contributed by atoms with Crippen molar-refractivity contribution >= 4 is 34.8 Å². The lowest BCUT2D eigenvalue weighted by atomic mass is 9.87. The van der Waals surface area contributed by atoms with Crippen molar-refractivity contribution in [2.45, 2.75) is 5.92 Å². The van der Waals surface area contributed by atoms with Crippen molar-refractivity contribution in [1.29, 1.82) is 0 Å². The number of phenolic OH excluding ortho intramolecular Hbond substituents is 1. The zero-order chi connectivity index (χ0) is 17.9. The van der Waals surface area contributed by atoms with E-state index in [4.69, 9.17) is 27.9 Å². The maximum atomic E-state index is 12.8. The lowest BCUT2D eigenvalue weighted by molar-refractivity contribution is -0.115. The number of ketones is 2. The SMILES string of the molecule is C=CC(=O)C(C(=O)c1ccc(O)c(OC)c1)c1ccc(Cl)c(Cl)c1. The van der Waals surface area contributed by atoms with Crippen molar-refractivity contribution in [3.05, 3.63) is 70.2 Å². The molecule has 124 valence electrons. The second-order valence-electron chi connectivity index (χ2n) is 4.96. The average molecular weight is 365 g/mol. The Bertz CT molecular complexity index is 815. The second kappa shape index (κ2) is 7.51. The van der Waals surface area contributed by atoms with E-state index in [2.05, 4.69) is 6.58 Å². The number of carbonyl (C=O) groups excluding carboxylic acids is 2. The van der Waals surface area contributed by atoms with Crippen LogP contribution in [0.15, 0.2) is 49.1 Å². The van der Waals surface area contributed by atoms with Crippen LogP contribution in [0, 0.1) is 0 Å². The molecular weight excluding hydrogens is 351 g/mol. The highest BCUT2D eigenvalue weighted by molar-refractivity contribution is 6.42. The van der Waals surface area contributed by atoms with E-state index in [1.54, 1.807) is 6.07 Å². The molecule has 2 rings (SSSR count). The molecule has 0 amide bonds. The van der Waals surface area contributed by atoms with Gasteiger partial charge in [0.25, 0.3) is 0 Å². The molecule has 24 heavy (non-hydrogen) atoms. The summed E-state index contributed by atoms with van der Waals surface area (Å²) in [6.07, 6.45) is 1.09. The third-order valence-corrected chi connectivity index (χ3v) is 4.23. The lowest BCUT2D eigenvalue weighted by Crippen LogP contribution is -2.21. The van der Waals surface area contributed by atoms with Crippen molar-refractivity contribution in [1.82, 2.24) is 0 Å². The summed E-state index contributed by atoms with van der Waals surface area (Å²) in [6.45, 7) is 3.45. The average Bonchev–Trinajstić information content (AvgIpc) is 2.58. The van der Waals surface area contributed by atoms with E-state index >= 15 is 0 Å². The first-order valence-electron chi connectivity index (χ1n) is 6.91. The lowest BCUT2D eigenvalue weighted by Gasteiger charge is -2.15. The number of allylic oxidation sites excluding steroid dienone is 1. The van der Waals surface area contributed by atoms with Crippen LogP contribution in [0.1, 0.15) is 21.8 Å². The number of hydrogen-bond donors (Lipinski definition) is 1. The molecule has 4 nitrogen and oxygen atoms in total. The van der Waals surface area contributed by atoms with Gasteiger partial charge in [0.05, 0.1) is 17.2 Å². The first kappa shape index (κ1) is 18.0. The number of halogens is 2. The first-order chi connectivity index (χ1) is 11.4. The highest BCUT2D eigenvalue weighted by Gasteiger charge is 2.28. The molecule has 0 saturated carbocycles. The number of benzene rings is 2. The number of carbonyl (C=O) groups is 2. The minimum atomic E-state index is -1.11. The fourth-order valence-corrected chi connectivity index (χ4v) is 2.56. The monoisotopic (exact) mass is 364 g/mol. The van der Waals surface area contributed by atoms with Crippen LogP contribution in [0.25, 0.3) is 0 Å². The molecule has 6 heteroatoms. The largest absolute Gasteiger partial charge is 0.504 e. The van der Waals surface area contributed by atoms with Crippen LogP contribution >= 0.6 is 23.2 Å². The van der Waals surface area contributed by atoms with Crippen LogP contribution in [0.5, 0.6) is 11.5 Å². The number of hydrogen-bond acceptors (Lipinski definition) is 4. The number of methoxy groups -OCH3 is 1. The molecule has 2 aromatic carbocycles. The fourth-order valence-electron chi connectivity index (χ4n) is 2.25. The molecule has 0 radical (unpaired) electrons. The van der Waals surface area contributed by atoms with E-state index in [0.29, 0.717) is 10.6 Å². The topological polar surface area (TPSA) is 63.6 Å². The third-order valence-electron chi connectivity index (χ3n) is 3.49. The maximum Gasteiger partial charge on any atom is 0.178 e. The summed E-state index contributed by atoms with van der Waals surface area (Å²) in [6, 6.07) is 8.69. The number of ether oxygens (including phenoxy) is 1.